The molecule has 0 aliphatic rings. The fourth-order valence-electron chi connectivity index (χ4n) is 2.40. The van der Waals surface area contributed by atoms with Crippen LogP contribution in [-0.4, -0.2) is 36.1 Å². The summed E-state index contributed by atoms with van der Waals surface area (Å²) in [5, 5.41) is 4.49. The average Bonchev–Trinajstić information content (AvgIpc) is 2.50. The van der Waals surface area contributed by atoms with Crippen molar-refractivity contribution in [2.75, 3.05) is 37.2 Å². The van der Waals surface area contributed by atoms with Gasteiger partial charge in [-0.1, -0.05) is 13.8 Å². The van der Waals surface area contributed by atoms with E-state index in [1.54, 1.807) is 0 Å². The fourth-order valence-corrected chi connectivity index (χ4v) is 2.40. The summed E-state index contributed by atoms with van der Waals surface area (Å²) < 4.78 is 0. The van der Waals surface area contributed by atoms with E-state index in [4.69, 9.17) is 5.73 Å². The Morgan fingerprint density at radius 3 is 2.75 bits per heavy atom. The Balaban J connectivity index is 1.98. The SMILES string of the molecule is CCN(CC)CCCNc1ccc(N)c2cccnc12. The van der Waals surface area contributed by atoms with Gasteiger partial charge in [0, 0.05) is 23.8 Å². The number of nitrogens with one attached hydrogen (secondary N) is 1. The number of aromatic nitrogens is 1. The van der Waals surface area contributed by atoms with Crippen molar-refractivity contribution in [2.45, 2.75) is 20.3 Å². The lowest BCUT2D eigenvalue weighted by Gasteiger charge is -2.18. The van der Waals surface area contributed by atoms with Crippen LogP contribution in [0.15, 0.2) is 30.5 Å². The van der Waals surface area contributed by atoms with Gasteiger partial charge in [0.15, 0.2) is 0 Å². The normalized spacial score (nSPS) is 11.2. The molecule has 0 fully saturated rings. The third-order valence-corrected chi connectivity index (χ3v) is 3.66. The predicted octanol–water partition coefficient (Wildman–Crippen LogP) is 2.96. The molecule has 0 aliphatic heterocycles. The highest BCUT2D eigenvalue weighted by atomic mass is 15.1. The molecule has 1 aromatic carbocycles. The van der Waals surface area contributed by atoms with Gasteiger partial charge in [0.1, 0.15) is 0 Å². The minimum absolute atomic E-state index is 0.779. The maximum atomic E-state index is 5.98. The topological polar surface area (TPSA) is 54.2 Å². The van der Waals surface area contributed by atoms with Crippen molar-refractivity contribution in [3.05, 3.63) is 30.5 Å². The van der Waals surface area contributed by atoms with E-state index in [0.717, 1.165) is 54.9 Å². The number of pyridine rings is 1. The molecule has 0 spiro atoms. The Kier molecular flexibility index (Phi) is 5.18. The molecule has 108 valence electrons. The van der Waals surface area contributed by atoms with Crippen LogP contribution in [0.4, 0.5) is 11.4 Å². The van der Waals surface area contributed by atoms with Gasteiger partial charge >= 0.3 is 0 Å². The van der Waals surface area contributed by atoms with Gasteiger partial charge < -0.3 is 16.0 Å². The molecule has 1 aromatic heterocycles. The lowest BCUT2D eigenvalue weighted by molar-refractivity contribution is 0.303. The molecule has 1 heterocycles. The minimum Gasteiger partial charge on any atom is -0.398 e. The number of hydrogen-bond acceptors (Lipinski definition) is 4. The van der Waals surface area contributed by atoms with Crippen molar-refractivity contribution in [1.29, 1.82) is 0 Å². The second-order valence-corrected chi connectivity index (χ2v) is 4.91. The van der Waals surface area contributed by atoms with Gasteiger partial charge in [-0.2, -0.15) is 0 Å². The van der Waals surface area contributed by atoms with Crippen molar-refractivity contribution in [3.8, 4) is 0 Å². The zero-order valence-corrected chi connectivity index (χ0v) is 12.4. The lowest BCUT2D eigenvalue weighted by Crippen LogP contribution is -2.25. The summed E-state index contributed by atoms with van der Waals surface area (Å²) in [7, 11) is 0. The summed E-state index contributed by atoms with van der Waals surface area (Å²) in [5.41, 5.74) is 8.78. The van der Waals surface area contributed by atoms with Gasteiger partial charge in [-0.3, -0.25) is 4.98 Å². The smallest absolute Gasteiger partial charge is 0.0953 e. The molecule has 2 aromatic rings. The van der Waals surface area contributed by atoms with Crippen molar-refractivity contribution in [3.63, 3.8) is 0 Å². The van der Waals surface area contributed by atoms with Crippen LogP contribution in [0.25, 0.3) is 10.9 Å². The van der Waals surface area contributed by atoms with Crippen LogP contribution in [0.2, 0.25) is 0 Å². The Hall–Kier alpha value is -1.81. The molecular formula is C16H24N4. The number of nitrogens with two attached hydrogens (primary N) is 1. The van der Waals surface area contributed by atoms with Crippen LogP contribution in [0, 0.1) is 0 Å². The van der Waals surface area contributed by atoms with Gasteiger partial charge in [0.25, 0.3) is 0 Å². The molecule has 4 nitrogen and oxygen atoms in total. The van der Waals surface area contributed by atoms with Crippen LogP contribution in [0.1, 0.15) is 20.3 Å². The molecular weight excluding hydrogens is 248 g/mol. The van der Waals surface area contributed by atoms with Gasteiger partial charge in [-0.15, -0.1) is 0 Å². The molecule has 0 saturated carbocycles. The number of fused-ring (bicyclic) bond motifs is 1. The van der Waals surface area contributed by atoms with Crippen LogP contribution in [-0.2, 0) is 0 Å². The Labute approximate surface area is 121 Å². The molecule has 3 N–H and O–H groups in total. The van der Waals surface area contributed by atoms with Crippen molar-refractivity contribution < 1.29 is 0 Å². The Bertz CT molecular complexity index is 549. The Morgan fingerprint density at radius 1 is 1.20 bits per heavy atom. The first-order chi connectivity index (χ1) is 9.76. The number of benzene rings is 1. The third-order valence-electron chi connectivity index (χ3n) is 3.66. The summed E-state index contributed by atoms with van der Waals surface area (Å²) in [4.78, 5) is 6.87. The maximum Gasteiger partial charge on any atom is 0.0953 e. The van der Waals surface area contributed by atoms with Crippen LogP contribution in [0.5, 0.6) is 0 Å². The van der Waals surface area contributed by atoms with E-state index in [2.05, 4.69) is 29.0 Å². The molecule has 0 amide bonds. The molecule has 0 bridgehead atoms. The van der Waals surface area contributed by atoms with E-state index in [9.17, 15) is 0 Å². The van der Waals surface area contributed by atoms with Gasteiger partial charge in [-0.25, -0.2) is 0 Å². The van der Waals surface area contributed by atoms with Gasteiger partial charge in [-0.05, 0) is 50.3 Å². The molecule has 4 heteroatoms. The highest BCUT2D eigenvalue weighted by molar-refractivity contribution is 5.98. The first-order valence-electron chi connectivity index (χ1n) is 7.35. The van der Waals surface area contributed by atoms with Crippen LogP contribution in [0.3, 0.4) is 0 Å². The molecule has 2 rings (SSSR count). The van der Waals surface area contributed by atoms with Gasteiger partial charge in [0.05, 0.1) is 11.2 Å². The molecule has 0 radical (unpaired) electrons. The predicted molar refractivity (Wildman–Crippen MR) is 87.1 cm³/mol. The van der Waals surface area contributed by atoms with E-state index in [1.807, 2.05) is 30.5 Å². The maximum absolute atomic E-state index is 5.98. The Morgan fingerprint density at radius 2 is 2.00 bits per heavy atom. The second-order valence-electron chi connectivity index (χ2n) is 4.91. The fraction of sp³-hybridized carbons (Fsp3) is 0.438. The number of hydrogen-bond donors (Lipinski definition) is 2. The monoisotopic (exact) mass is 272 g/mol. The van der Waals surface area contributed by atoms with E-state index in [0.29, 0.717) is 0 Å². The molecule has 20 heavy (non-hydrogen) atoms. The summed E-state index contributed by atoms with van der Waals surface area (Å²) in [5.74, 6) is 0. The quantitative estimate of drug-likeness (QED) is 0.601. The summed E-state index contributed by atoms with van der Waals surface area (Å²) in [6, 6.07) is 7.89. The molecule has 0 aliphatic carbocycles. The number of nitrogen functional groups attached to an aromatic ring is 1. The van der Waals surface area contributed by atoms with E-state index in [-0.39, 0.29) is 0 Å². The third kappa shape index (κ3) is 3.39. The van der Waals surface area contributed by atoms with Crippen molar-refractivity contribution >= 4 is 22.3 Å². The largest absolute Gasteiger partial charge is 0.398 e. The minimum atomic E-state index is 0.779. The zero-order valence-electron chi connectivity index (χ0n) is 12.4. The molecule has 0 unspecified atom stereocenters. The van der Waals surface area contributed by atoms with Gasteiger partial charge in [0.2, 0.25) is 0 Å². The van der Waals surface area contributed by atoms with Crippen molar-refractivity contribution in [2.24, 2.45) is 0 Å². The number of nitrogens with zero attached hydrogens (tertiary/aromatic N) is 2. The van der Waals surface area contributed by atoms with E-state index in [1.165, 1.54) is 0 Å². The summed E-state index contributed by atoms with van der Waals surface area (Å²) in [6.07, 6.45) is 2.93. The zero-order chi connectivity index (χ0) is 14.4. The summed E-state index contributed by atoms with van der Waals surface area (Å²) in [6.45, 7) is 8.71. The van der Waals surface area contributed by atoms with E-state index >= 15 is 0 Å². The van der Waals surface area contributed by atoms with Crippen LogP contribution >= 0.6 is 0 Å². The highest BCUT2D eigenvalue weighted by Crippen LogP contribution is 2.26. The highest BCUT2D eigenvalue weighted by Gasteiger charge is 2.04. The second kappa shape index (κ2) is 7.10. The first-order valence-corrected chi connectivity index (χ1v) is 7.35. The lowest BCUT2D eigenvalue weighted by atomic mass is 10.1. The number of rotatable bonds is 7. The first kappa shape index (κ1) is 14.6. The van der Waals surface area contributed by atoms with Crippen LogP contribution < -0.4 is 11.1 Å². The van der Waals surface area contributed by atoms with Crippen molar-refractivity contribution in [1.82, 2.24) is 9.88 Å². The van der Waals surface area contributed by atoms with E-state index < -0.39 is 0 Å². The molecule has 0 atom stereocenters. The summed E-state index contributed by atoms with van der Waals surface area (Å²) >= 11 is 0. The molecule has 0 saturated heterocycles. The average molecular weight is 272 g/mol. The standard InChI is InChI=1S/C16H24N4/c1-3-20(4-2)12-6-11-18-15-9-8-14(17)13-7-5-10-19-16(13)15/h5,7-10,18H,3-4,6,11-12,17H2,1-2H3. The number of anilines is 2.